The van der Waals surface area contributed by atoms with Gasteiger partial charge in [-0.15, -0.1) is 0 Å². The summed E-state index contributed by atoms with van der Waals surface area (Å²) in [7, 11) is 0. The zero-order valence-electron chi connectivity index (χ0n) is 9.95. The summed E-state index contributed by atoms with van der Waals surface area (Å²) < 4.78 is 1.90. The third-order valence-electron chi connectivity index (χ3n) is 2.93. The highest BCUT2D eigenvalue weighted by Crippen LogP contribution is 2.14. The van der Waals surface area contributed by atoms with Crippen LogP contribution in [0.1, 0.15) is 11.1 Å². The van der Waals surface area contributed by atoms with Crippen molar-refractivity contribution in [3.63, 3.8) is 0 Å². The number of nitrogens with zero attached hydrogens (tertiary/aromatic N) is 3. The van der Waals surface area contributed by atoms with Crippen molar-refractivity contribution in [2.75, 3.05) is 0 Å². The van der Waals surface area contributed by atoms with Gasteiger partial charge in [-0.25, -0.2) is 0 Å². The highest BCUT2D eigenvalue weighted by Gasteiger charge is 2.00. The number of pyridine rings is 1. The summed E-state index contributed by atoms with van der Waals surface area (Å²) in [6.45, 7) is 1.28. The van der Waals surface area contributed by atoms with E-state index in [1.165, 1.54) is 5.56 Å². The third-order valence-corrected chi connectivity index (χ3v) is 2.93. The van der Waals surface area contributed by atoms with E-state index in [0.29, 0.717) is 6.54 Å². The minimum Gasteiger partial charge on any atom is -0.326 e. The van der Waals surface area contributed by atoms with Gasteiger partial charge in [0.1, 0.15) is 0 Å². The highest BCUT2D eigenvalue weighted by atomic mass is 15.3. The molecule has 0 aliphatic carbocycles. The van der Waals surface area contributed by atoms with Crippen molar-refractivity contribution in [3.8, 4) is 0 Å². The van der Waals surface area contributed by atoms with Gasteiger partial charge in [-0.3, -0.25) is 9.67 Å². The predicted octanol–water partition coefficient (Wildman–Crippen LogP) is 1.94. The van der Waals surface area contributed by atoms with E-state index in [2.05, 4.69) is 28.3 Å². The fourth-order valence-corrected chi connectivity index (χ4v) is 2.01. The van der Waals surface area contributed by atoms with Gasteiger partial charge in [0.05, 0.1) is 18.3 Å². The maximum atomic E-state index is 5.57. The summed E-state index contributed by atoms with van der Waals surface area (Å²) in [4.78, 5) is 4.31. The quantitative estimate of drug-likeness (QED) is 0.758. The SMILES string of the molecule is NCc1cnn(Cc2ccc3ncccc3c2)c1. The van der Waals surface area contributed by atoms with E-state index in [1.54, 1.807) is 0 Å². The lowest BCUT2D eigenvalue weighted by Crippen LogP contribution is -2.00. The second-order valence-corrected chi connectivity index (χ2v) is 4.28. The van der Waals surface area contributed by atoms with E-state index in [-0.39, 0.29) is 0 Å². The lowest BCUT2D eigenvalue weighted by Gasteiger charge is -2.03. The second kappa shape index (κ2) is 4.58. The maximum absolute atomic E-state index is 5.57. The predicted molar refractivity (Wildman–Crippen MR) is 71.0 cm³/mol. The molecule has 0 aliphatic rings. The molecule has 0 aliphatic heterocycles. The Morgan fingerprint density at radius 2 is 2.11 bits per heavy atom. The van der Waals surface area contributed by atoms with Crippen LogP contribution in [0.5, 0.6) is 0 Å². The first-order valence-electron chi connectivity index (χ1n) is 5.90. The van der Waals surface area contributed by atoms with E-state index in [1.807, 2.05) is 35.4 Å². The molecule has 0 saturated carbocycles. The van der Waals surface area contributed by atoms with Crippen molar-refractivity contribution in [2.24, 2.45) is 5.73 Å². The Bertz CT molecular complexity index is 672. The van der Waals surface area contributed by atoms with Crippen molar-refractivity contribution >= 4 is 10.9 Å². The first-order chi connectivity index (χ1) is 8.85. The van der Waals surface area contributed by atoms with Crippen LogP contribution in [0.15, 0.2) is 48.9 Å². The normalized spacial score (nSPS) is 10.9. The molecule has 2 heterocycles. The topological polar surface area (TPSA) is 56.7 Å². The summed E-state index contributed by atoms with van der Waals surface area (Å²) in [5, 5.41) is 5.44. The van der Waals surface area contributed by atoms with Crippen molar-refractivity contribution < 1.29 is 0 Å². The Kier molecular flexibility index (Phi) is 2.78. The molecule has 0 atom stereocenters. The molecule has 0 unspecified atom stereocenters. The van der Waals surface area contributed by atoms with Crippen molar-refractivity contribution in [3.05, 3.63) is 60.0 Å². The molecular formula is C14H14N4. The minimum absolute atomic E-state index is 0.529. The number of nitrogens with two attached hydrogens (primary N) is 1. The van der Waals surface area contributed by atoms with Crippen molar-refractivity contribution in [1.82, 2.24) is 14.8 Å². The van der Waals surface area contributed by atoms with Crippen LogP contribution < -0.4 is 5.73 Å². The van der Waals surface area contributed by atoms with Gasteiger partial charge in [-0.2, -0.15) is 5.10 Å². The molecule has 0 saturated heterocycles. The average Bonchev–Trinajstić information content (AvgIpc) is 2.86. The van der Waals surface area contributed by atoms with E-state index < -0.39 is 0 Å². The summed E-state index contributed by atoms with van der Waals surface area (Å²) in [5.41, 5.74) is 8.85. The van der Waals surface area contributed by atoms with Gasteiger partial charge in [0.25, 0.3) is 0 Å². The number of hydrogen-bond acceptors (Lipinski definition) is 3. The molecule has 0 spiro atoms. The maximum Gasteiger partial charge on any atom is 0.0702 e. The minimum atomic E-state index is 0.529. The monoisotopic (exact) mass is 238 g/mol. The summed E-state index contributed by atoms with van der Waals surface area (Å²) in [5.74, 6) is 0. The second-order valence-electron chi connectivity index (χ2n) is 4.28. The van der Waals surface area contributed by atoms with Gasteiger partial charge < -0.3 is 5.73 Å². The first-order valence-corrected chi connectivity index (χ1v) is 5.90. The molecule has 3 rings (SSSR count). The molecule has 90 valence electrons. The first kappa shape index (κ1) is 10.9. The fraction of sp³-hybridized carbons (Fsp3) is 0.143. The van der Waals surface area contributed by atoms with Crippen LogP contribution >= 0.6 is 0 Å². The van der Waals surface area contributed by atoms with Crippen molar-refractivity contribution in [2.45, 2.75) is 13.1 Å². The molecule has 1 aromatic carbocycles. The number of fused-ring (bicyclic) bond motifs is 1. The Balaban J connectivity index is 1.90. The molecule has 4 heteroatoms. The van der Waals surface area contributed by atoms with Gasteiger partial charge in [0.2, 0.25) is 0 Å². The fourth-order valence-electron chi connectivity index (χ4n) is 2.01. The largest absolute Gasteiger partial charge is 0.326 e. The molecule has 4 nitrogen and oxygen atoms in total. The molecule has 0 bridgehead atoms. The van der Waals surface area contributed by atoms with Crippen LogP contribution in [0.2, 0.25) is 0 Å². The lowest BCUT2D eigenvalue weighted by molar-refractivity contribution is 0.686. The number of rotatable bonds is 3. The van der Waals surface area contributed by atoms with Crippen LogP contribution in [-0.4, -0.2) is 14.8 Å². The number of benzene rings is 1. The molecule has 2 N–H and O–H groups in total. The van der Waals surface area contributed by atoms with Gasteiger partial charge in [0, 0.05) is 29.9 Å². The molecule has 18 heavy (non-hydrogen) atoms. The molecule has 2 aromatic heterocycles. The van der Waals surface area contributed by atoms with Crippen LogP contribution in [-0.2, 0) is 13.1 Å². The molecule has 0 fully saturated rings. The van der Waals surface area contributed by atoms with Crippen molar-refractivity contribution in [1.29, 1.82) is 0 Å². The molecule has 0 radical (unpaired) electrons. The van der Waals surface area contributed by atoms with Crippen LogP contribution in [0.25, 0.3) is 10.9 Å². The Labute approximate surface area is 105 Å². The van der Waals surface area contributed by atoms with Gasteiger partial charge >= 0.3 is 0 Å². The highest BCUT2D eigenvalue weighted by molar-refractivity contribution is 5.78. The summed E-state index contributed by atoms with van der Waals surface area (Å²) in [6.07, 6.45) is 5.60. The summed E-state index contributed by atoms with van der Waals surface area (Å²) in [6, 6.07) is 10.3. The Morgan fingerprint density at radius 3 is 2.94 bits per heavy atom. The molecule has 3 aromatic rings. The Hall–Kier alpha value is -2.20. The van der Waals surface area contributed by atoms with E-state index in [9.17, 15) is 0 Å². The average molecular weight is 238 g/mol. The van der Waals surface area contributed by atoms with E-state index in [0.717, 1.165) is 23.0 Å². The summed E-state index contributed by atoms with van der Waals surface area (Å²) >= 11 is 0. The molecule has 0 amide bonds. The Morgan fingerprint density at radius 1 is 1.17 bits per heavy atom. The standard InChI is InChI=1S/C14H14N4/c15-7-12-8-17-18(10-12)9-11-3-4-14-13(6-11)2-1-5-16-14/h1-6,8,10H,7,9,15H2. The van der Waals surface area contributed by atoms with Gasteiger partial charge in [-0.1, -0.05) is 12.1 Å². The smallest absolute Gasteiger partial charge is 0.0702 e. The number of aromatic nitrogens is 3. The number of hydrogen-bond donors (Lipinski definition) is 1. The third kappa shape index (κ3) is 2.10. The van der Waals surface area contributed by atoms with E-state index >= 15 is 0 Å². The van der Waals surface area contributed by atoms with E-state index in [4.69, 9.17) is 5.73 Å². The lowest BCUT2D eigenvalue weighted by atomic mass is 10.1. The van der Waals surface area contributed by atoms with Crippen LogP contribution in [0, 0.1) is 0 Å². The molecular weight excluding hydrogens is 224 g/mol. The van der Waals surface area contributed by atoms with Crippen LogP contribution in [0.3, 0.4) is 0 Å². The van der Waals surface area contributed by atoms with Gasteiger partial charge in [-0.05, 0) is 23.8 Å². The van der Waals surface area contributed by atoms with Crippen LogP contribution in [0.4, 0.5) is 0 Å². The zero-order valence-corrected chi connectivity index (χ0v) is 9.95. The zero-order chi connectivity index (χ0) is 12.4. The van der Waals surface area contributed by atoms with Gasteiger partial charge in [0.15, 0.2) is 0 Å².